The van der Waals surface area contributed by atoms with E-state index in [2.05, 4.69) is 6.07 Å². The lowest BCUT2D eigenvalue weighted by molar-refractivity contribution is -0.159. The van der Waals surface area contributed by atoms with Crippen LogP contribution < -0.4 is 0 Å². The molecule has 0 aliphatic carbocycles. The first kappa shape index (κ1) is 21.2. The molecule has 29 heavy (non-hydrogen) atoms. The third-order valence-corrected chi connectivity index (χ3v) is 5.65. The normalized spacial score (nSPS) is 18.3. The molecule has 7 heteroatoms. The van der Waals surface area contributed by atoms with Gasteiger partial charge in [0.15, 0.2) is 0 Å². The summed E-state index contributed by atoms with van der Waals surface area (Å²) in [5, 5.41) is 9.90. The fourth-order valence-electron chi connectivity index (χ4n) is 3.92. The zero-order chi connectivity index (χ0) is 21.0. The monoisotopic (exact) mass is 430 g/mol. The first-order valence-corrected chi connectivity index (χ1v) is 9.96. The highest BCUT2D eigenvalue weighted by Gasteiger charge is 2.50. The molecule has 0 bridgehead atoms. The van der Waals surface area contributed by atoms with E-state index in [0.717, 1.165) is 5.56 Å². The van der Waals surface area contributed by atoms with Crippen molar-refractivity contribution in [2.75, 3.05) is 13.7 Å². The first-order chi connectivity index (χ1) is 13.9. The van der Waals surface area contributed by atoms with Crippen molar-refractivity contribution < 1.29 is 14.3 Å². The molecule has 1 amide bonds. The second-order valence-corrected chi connectivity index (χ2v) is 7.98. The zero-order valence-electron chi connectivity index (χ0n) is 16.0. The minimum absolute atomic E-state index is 0.0897. The minimum atomic E-state index is -1.07. The maximum Gasteiger partial charge on any atom is 0.332 e. The van der Waals surface area contributed by atoms with Crippen molar-refractivity contribution in [2.24, 2.45) is 0 Å². The number of hydrogen-bond donors (Lipinski definition) is 0. The number of halogens is 2. The molecule has 0 saturated carbocycles. The minimum Gasteiger partial charge on any atom is -0.467 e. The highest BCUT2D eigenvalue weighted by Crippen LogP contribution is 2.35. The summed E-state index contributed by atoms with van der Waals surface area (Å²) in [5.74, 6) is -0.614. The van der Waals surface area contributed by atoms with Gasteiger partial charge in [-0.1, -0.05) is 35.3 Å². The molecule has 0 spiro atoms. The molecule has 1 atom stereocenters. The first-order valence-electron chi connectivity index (χ1n) is 9.21. The fourth-order valence-corrected chi connectivity index (χ4v) is 4.49. The van der Waals surface area contributed by atoms with Crippen LogP contribution in [-0.4, -0.2) is 36.0 Å². The van der Waals surface area contributed by atoms with Crippen molar-refractivity contribution in [3.05, 3.63) is 69.2 Å². The van der Waals surface area contributed by atoms with Crippen LogP contribution in [-0.2, 0) is 27.2 Å². The van der Waals surface area contributed by atoms with E-state index in [1.165, 1.54) is 7.11 Å². The summed E-state index contributed by atoms with van der Waals surface area (Å²) in [7, 11) is 1.33. The molecule has 1 fully saturated rings. The molecular weight excluding hydrogens is 411 g/mol. The van der Waals surface area contributed by atoms with E-state index >= 15 is 0 Å². The predicted octanol–water partition coefficient (Wildman–Crippen LogP) is 4.18. The zero-order valence-corrected chi connectivity index (χ0v) is 17.5. The molecule has 1 aliphatic rings. The number of ether oxygens (including phenoxy) is 1. The molecule has 1 heterocycles. The van der Waals surface area contributed by atoms with E-state index in [1.54, 1.807) is 47.4 Å². The standard InChI is InChI=1S/C22H20Cl2N2O3/c1-29-21(28)22(13-15-3-5-16(14-25)6-4-15)7-2-8-26(22)20(27)11-17-9-18(23)12-19(24)10-17/h3-6,9-10,12H,2,7-8,11,13H2,1H3. The summed E-state index contributed by atoms with van der Waals surface area (Å²) in [5.41, 5.74) is 1.03. The van der Waals surface area contributed by atoms with Crippen molar-refractivity contribution in [2.45, 2.75) is 31.2 Å². The summed E-state index contributed by atoms with van der Waals surface area (Å²) in [6.45, 7) is 0.471. The lowest BCUT2D eigenvalue weighted by Gasteiger charge is -2.36. The quantitative estimate of drug-likeness (QED) is 0.666. The molecule has 1 unspecified atom stereocenters. The summed E-state index contributed by atoms with van der Waals surface area (Å²) in [4.78, 5) is 27.6. The van der Waals surface area contributed by atoms with Crippen molar-refractivity contribution in [3.63, 3.8) is 0 Å². The highest BCUT2D eigenvalue weighted by atomic mass is 35.5. The Morgan fingerprint density at radius 2 is 1.79 bits per heavy atom. The van der Waals surface area contributed by atoms with Gasteiger partial charge in [-0.15, -0.1) is 0 Å². The van der Waals surface area contributed by atoms with Crippen LogP contribution in [0.25, 0.3) is 0 Å². The molecule has 1 saturated heterocycles. The lowest BCUT2D eigenvalue weighted by Crippen LogP contribution is -2.55. The Balaban J connectivity index is 1.89. The van der Waals surface area contributed by atoms with E-state index in [-0.39, 0.29) is 12.3 Å². The smallest absolute Gasteiger partial charge is 0.332 e. The van der Waals surface area contributed by atoms with Gasteiger partial charge in [0.25, 0.3) is 0 Å². The third kappa shape index (κ3) is 4.55. The van der Waals surface area contributed by atoms with Crippen LogP contribution in [0.15, 0.2) is 42.5 Å². The number of rotatable bonds is 5. The maximum atomic E-state index is 13.2. The Kier molecular flexibility index (Phi) is 6.46. The van der Waals surface area contributed by atoms with Gasteiger partial charge in [0.05, 0.1) is 25.2 Å². The van der Waals surface area contributed by atoms with Gasteiger partial charge < -0.3 is 9.64 Å². The predicted molar refractivity (Wildman–Crippen MR) is 111 cm³/mol. The lowest BCUT2D eigenvalue weighted by atomic mass is 9.87. The number of esters is 1. The highest BCUT2D eigenvalue weighted by molar-refractivity contribution is 6.34. The summed E-state index contributed by atoms with van der Waals surface area (Å²) in [6, 6.07) is 14.1. The average molecular weight is 431 g/mol. The van der Waals surface area contributed by atoms with E-state index in [4.69, 9.17) is 33.2 Å². The molecule has 0 radical (unpaired) electrons. The molecular formula is C22H20Cl2N2O3. The summed E-state index contributed by atoms with van der Waals surface area (Å²) in [6.07, 6.45) is 1.63. The molecule has 0 aromatic heterocycles. The van der Waals surface area contributed by atoms with Gasteiger partial charge in [0, 0.05) is 23.0 Å². The van der Waals surface area contributed by atoms with Gasteiger partial charge in [0.2, 0.25) is 5.91 Å². The summed E-state index contributed by atoms with van der Waals surface area (Å²) >= 11 is 12.1. The fraction of sp³-hybridized carbons (Fsp3) is 0.318. The number of nitrogens with zero attached hydrogens (tertiary/aromatic N) is 2. The largest absolute Gasteiger partial charge is 0.467 e. The third-order valence-electron chi connectivity index (χ3n) is 5.21. The molecule has 5 nitrogen and oxygen atoms in total. The molecule has 3 rings (SSSR count). The van der Waals surface area contributed by atoms with Crippen LogP contribution in [0.1, 0.15) is 29.5 Å². The van der Waals surface area contributed by atoms with E-state index < -0.39 is 11.5 Å². The van der Waals surface area contributed by atoms with Crippen LogP contribution in [0.3, 0.4) is 0 Å². The second kappa shape index (κ2) is 8.86. The van der Waals surface area contributed by atoms with E-state index in [9.17, 15) is 9.59 Å². The van der Waals surface area contributed by atoms with Crippen LogP contribution in [0.5, 0.6) is 0 Å². The van der Waals surface area contributed by atoms with E-state index in [1.807, 2.05) is 0 Å². The van der Waals surface area contributed by atoms with Crippen molar-refractivity contribution >= 4 is 35.1 Å². The van der Waals surface area contributed by atoms with Crippen LogP contribution >= 0.6 is 23.2 Å². The van der Waals surface area contributed by atoms with Crippen molar-refractivity contribution in [1.82, 2.24) is 4.90 Å². The maximum absolute atomic E-state index is 13.2. The Bertz CT molecular complexity index is 949. The Morgan fingerprint density at radius 1 is 1.14 bits per heavy atom. The molecule has 0 N–H and O–H groups in total. The van der Waals surface area contributed by atoms with E-state index in [0.29, 0.717) is 47.0 Å². The second-order valence-electron chi connectivity index (χ2n) is 7.11. The van der Waals surface area contributed by atoms with Gasteiger partial charge in [-0.05, 0) is 54.3 Å². The van der Waals surface area contributed by atoms with Gasteiger partial charge >= 0.3 is 5.97 Å². The number of benzene rings is 2. The Hall–Kier alpha value is -2.55. The van der Waals surface area contributed by atoms with Gasteiger partial charge in [-0.25, -0.2) is 4.79 Å². The Labute approximate surface area is 179 Å². The average Bonchev–Trinajstić information content (AvgIpc) is 3.12. The SMILES string of the molecule is COC(=O)C1(Cc2ccc(C#N)cc2)CCCN1C(=O)Cc1cc(Cl)cc(Cl)c1. The number of hydrogen-bond acceptors (Lipinski definition) is 4. The number of likely N-dealkylation sites (tertiary alicyclic amines) is 1. The molecule has 2 aromatic carbocycles. The number of carbonyl (C=O) groups is 2. The topological polar surface area (TPSA) is 70.4 Å². The number of methoxy groups -OCH3 is 1. The van der Waals surface area contributed by atoms with Crippen LogP contribution in [0.4, 0.5) is 0 Å². The molecule has 2 aromatic rings. The van der Waals surface area contributed by atoms with Gasteiger partial charge in [-0.2, -0.15) is 5.26 Å². The number of nitriles is 1. The van der Waals surface area contributed by atoms with Crippen molar-refractivity contribution in [1.29, 1.82) is 5.26 Å². The molecule has 1 aliphatic heterocycles. The number of amides is 1. The van der Waals surface area contributed by atoms with Crippen molar-refractivity contribution in [3.8, 4) is 6.07 Å². The Morgan fingerprint density at radius 3 is 2.38 bits per heavy atom. The van der Waals surface area contributed by atoms with Crippen LogP contribution in [0.2, 0.25) is 10.0 Å². The summed E-state index contributed by atoms with van der Waals surface area (Å²) < 4.78 is 5.10. The molecule has 150 valence electrons. The van der Waals surface area contributed by atoms with Gasteiger partial charge in [0.1, 0.15) is 5.54 Å². The van der Waals surface area contributed by atoms with Crippen LogP contribution in [0, 0.1) is 11.3 Å². The number of carbonyl (C=O) groups excluding carboxylic acids is 2. The van der Waals surface area contributed by atoms with Gasteiger partial charge in [-0.3, -0.25) is 4.79 Å².